The van der Waals surface area contributed by atoms with E-state index in [1.54, 1.807) is 31.2 Å². The molecule has 0 bridgehead atoms. The number of nitrogens with two attached hydrogens (primary N) is 1. The molecule has 0 aromatic heterocycles. The highest BCUT2D eigenvalue weighted by Gasteiger charge is 2.39. The van der Waals surface area contributed by atoms with Gasteiger partial charge in [0.05, 0.1) is 23.3 Å². The number of nitriles is 1. The van der Waals surface area contributed by atoms with E-state index >= 15 is 0 Å². The maximum atomic E-state index is 12.9. The molecule has 2 aromatic carbocycles. The second kappa shape index (κ2) is 7.68. The molecule has 0 unspecified atom stereocenters. The quantitative estimate of drug-likeness (QED) is 0.854. The third-order valence-corrected chi connectivity index (χ3v) is 6.40. The lowest BCUT2D eigenvalue weighted by Gasteiger charge is -2.28. The van der Waals surface area contributed by atoms with Gasteiger partial charge in [0.25, 0.3) is 0 Å². The molecule has 2 aromatic rings. The zero-order chi connectivity index (χ0) is 19.4. The molecule has 0 fully saturated rings. The number of rotatable bonds is 5. The van der Waals surface area contributed by atoms with E-state index in [0.29, 0.717) is 23.3 Å². The number of allylic oxidation sites excluding steroid dienone is 2. The van der Waals surface area contributed by atoms with E-state index in [4.69, 9.17) is 10.5 Å². The van der Waals surface area contributed by atoms with E-state index in [2.05, 4.69) is 6.07 Å². The van der Waals surface area contributed by atoms with Crippen molar-refractivity contribution in [1.82, 2.24) is 0 Å². The molecule has 0 amide bonds. The number of nitrogens with zero attached hydrogens (tertiary/aromatic N) is 1. The van der Waals surface area contributed by atoms with Crippen LogP contribution in [0.3, 0.4) is 0 Å². The Morgan fingerprint density at radius 2 is 1.67 bits per heavy atom. The summed E-state index contributed by atoms with van der Waals surface area (Å²) in [5.74, 6) is -0.735. The van der Waals surface area contributed by atoms with E-state index in [-0.39, 0.29) is 22.1 Å². The van der Waals surface area contributed by atoms with E-state index in [1.807, 2.05) is 36.4 Å². The Kier molecular flexibility index (Phi) is 5.33. The van der Waals surface area contributed by atoms with Crippen molar-refractivity contribution < 1.29 is 13.2 Å². The summed E-state index contributed by atoms with van der Waals surface area (Å²) >= 11 is 0. The lowest BCUT2D eigenvalue weighted by atomic mass is 9.87. The van der Waals surface area contributed by atoms with Gasteiger partial charge < -0.3 is 10.5 Å². The van der Waals surface area contributed by atoms with Crippen LogP contribution in [-0.4, -0.2) is 14.2 Å². The van der Waals surface area contributed by atoms with Gasteiger partial charge in [-0.3, -0.25) is 0 Å². The zero-order valence-electron chi connectivity index (χ0n) is 14.9. The first kappa shape index (κ1) is 18.7. The smallest absolute Gasteiger partial charge is 0.206 e. The van der Waals surface area contributed by atoms with Crippen LogP contribution in [0.1, 0.15) is 30.4 Å². The highest BCUT2D eigenvalue weighted by Crippen LogP contribution is 2.44. The minimum absolute atomic E-state index is 0.0354. The Bertz CT molecular complexity index is 1030. The molecule has 0 spiro atoms. The molecule has 1 heterocycles. The number of benzene rings is 2. The van der Waals surface area contributed by atoms with Crippen molar-refractivity contribution in [2.24, 2.45) is 5.73 Å². The molecule has 1 aliphatic heterocycles. The Morgan fingerprint density at radius 1 is 1.07 bits per heavy atom. The molecular formula is C21H20N2O3S. The predicted molar refractivity (Wildman–Crippen MR) is 105 cm³/mol. The first-order valence-electron chi connectivity index (χ1n) is 8.64. The van der Waals surface area contributed by atoms with Crippen molar-refractivity contribution in [1.29, 1.82) is 5.26 Å². The largest absolute Gasteiger partial charge is 0.439 e. The first-order valence-corrected chi connectivity index (χ1v) is 10.3. The molecular weight excluding hydrogens is 360 g/mol. The summed E-state index contributed by atoms with van der Waals surface area (Å²) in [6, 6.07) is 20.3. The Labute approximate surface area is 159 Å². The number of ether oxygens (including phenoxy) is 1. The first-order chi connectivity index (χ1) is 13.0. The number of hydrogen-bond acceptors (Lipinski definition) is 5. The molecule has 0 saturated carbocycles. The fourth-order valence-electron chi connectivity index (χ4n) is 3.21. The van der Waals surface area contributed by atoms with Gasteiger partial charge in [0.1, 0.15) is 4.91 Å². The van der Waals surface area contributed by atoms with E-state index in [1.165, 1.54) is 0 Å². The second-order valence-electron chi connectivity index (χ2n) is 6.21. The number of hydrogen-bond donors (Lipinski definition) is 1. The molecule has 0 aliphatic carbocycles. The molecule has 0 radical (unpaired) electrons. The summed E-state index contributed by atoms with van der Waals surface area (Å²) in [6.07, 6.45) is 0.442. The van der Waals surface area contributed by atoms with Crippen molar-refractivity contribution >= 4 is 15.6 Å². The fourth-order valence-corrected chi connectivity index (χ4v) is 4.93. The lowest BCUT2D eigenvalue weighted by molar-refractivity contribution is 0.358. The van der Waals surface area contributed by atoms with Gasteiger partial charge in [-0.1, -0.05) is 67.6 Å². The summed E-state index contributed by atoms with van der Waals surface area (Å²) in [6.45, 7) is 1.78. The van der Waals surface area contributed by atoms with E-state index in [0.717, 1.165) is 0 Å². The Morgan fingerprint density at radius 3 is 2.22 bits per heavy atom. The number of sulfone groups is 1. The monoisotopic (exact) mass is 380 g/mol. The van der Waals surface area contributed by atoms with Gasteiger partial charge in [-0.2, -0.15) is 5.26 Å². The Balaban J connectivity index is 2.28. The SMILES string of the molecule is CCCS(=O)(=O)C1=C(N)OC(c2ccccc2)=C(C#N)[C@@H]1c1ccccc1. The van der Waals surface area contributed by atoms with Gasteiger partial charge >= 0.3 is 0 Å². The van der Waals surface area contributed by atoms with Crippen LogP contribution >= 0.6 is 0 Å². The molecule has 5 nitrogen and oxygen atoms in total. The summed E-state index contributed by atoms with van der Waals surface area (Å²) in [5.41, 5.74) is 7.69. The lowest BCUT2D eigenvalue weighted by Crippen LogP contribution is -2.26. The highest BCUT2D eigenvalue weighted by atomic mass is 32.2. The highest BCUT2D eigenvalue weighted by molar-refractivity contribution is 7.95. The van der Waals surface area contributed by atoms with E-state index < -0.39 is 15.8 Å². The van der Waals surface area contributed by atoms with Gasteiger partial charge in [-0.25, -0.2) is 8.42 Å². The van der Waals surface area contributed by atoms with Crippen molar-refractivity contribution in [2.45, 2.75) is 19.3 Å². The van der Waals surface area contributed by atoms with Crippen LogP contribution in [0, 0.1) is 11.3 Å². The summed E-state index contributed by atoms with van der Waals surface area (Å²) < 4.78 is 31.6. The van der Waals surface area contributed by atoms with Crippen molar-refractivity contribution in [2.75, 3.05) is 5.75 Å². The molecule has 138 valence electrons. The van der Waals surface area contributed by atoms with Gasteiger partial charge in [-0.15, -0.1) is 0 Å². The predicted octanol–water partition coefficient (Wildman–Crippen LogP) is 3.69. The maximum absolute atomic E-state index is 12.9. The zero-order valence-corrected chi connectivity index (χ0v) is 15.7. The third kappa shape index (κ3) is 3.60. The summed E-state index contributed by atoms with van der Waals surface area (Å²) in [4.78, 5) is -0.0354. The normalized spacial score (nSPS) is 17.4. The van der Waals surface area contributed by atoms with Crippen LogP contribution in [0.15, 0.2) is 77.0 Å². The maximum Gasteiger partial charge on any atom is 0.206 e. The second-order valence-corrected chi connectivity index (χ2v) is 8.29. The van der Waals surface area contributed by atoms with Gasteiger partial charge in [0, 0.05) is 5.56 Å². The Hall–Kier alpha value is -3.04. The van der Waals surface area contributed by atoms with Gasteiger partial charge in [0.2, 0.25) is 5.88 Å². The fraction of sp³-hybridized carbons (Fsp3) is 0.190. The molecule has 0 saturated heterocycles. The molecule has 6 heteroatoms. The molecule has 3 rings (SSSR count). The minimum Gasteiger partial charge on any atom is -0.439 e. The van der Waals surface area contributed by atoms with Crippen LogP contribution in [0.25, 0.3) is 5.76 Å². The van der Waals surface area contributed by atoms with Gasteiger partial charge in [0.15, 0.2) is 15.6 Å². The van der Waals surface area contributed by atoms with Crippen molar-refractivity contribution in [3.8, 4) is 6.07 Å². The van der Waals surface area contributed by atoms with Crippen molar-refractivity contribution in [3.63, 3.8) is 0 Å². The van der Waals surface area contributed by atoms with Crippen LogP contribution in [0.4, 0.5) is 0 Å². The van der Waals surface area contributed by atoms with Crippen LogP contribution < -0.4 is 5.73 Å². The standard InChI is InChI=1S/C21H20N2O3S/c1-2-13-27(24,25)20-18(15-9-5-3-6-10-15)17(14-22)19(26-21(20)23)16-11-7-4-8-12-16/h3-12,18H,2,13,23H2,1H3/t18-/m0/s1. The van der Waals surface area contributed by atoms with Crippen LogP contribution in [-0.2, 0) is 14.6 Å². The van der Waals surface area contributed by atoms with Crippen LogP contribution in [0.5, 0.6) is 0 Å². The summed E-state index contributed by atoms with van der Waals surface area (Å²) in [7, 11) is -3.68. The molecule has 27 heavy (non-hydrogen) atoms. The van der Waals surface area contributed by atoms with Crippen molar-refractivity contribution in [3.05, 3.63) is 88.2 Å². The van der Waals surface area contributed by atoms with Gasteiger partial charge in [-0.05, 0) is 12.0 Å². The minimum atomic E-state index is -3.68. The average molecular weight is 380 g/mol. The molecule has 1 aliphatic rings. The average Bonchev–Trinajstić information content (AvgIpc) is 2.68. The topological polar surface area (TPSA) is 93.2 Å². The summed E-state index contributed by atoms with van der Waals surface area (Å²) in [5, 5.41) is 9.91. The van der Waals surface area contributed by atoms with Crippen LogP contribution in [0.2, 0.25) is 0 Å². The molecule has 1 atom stereocenters. The van der Waals surface area contributed by atoms with E-state index in [9.17, 15) is 13.7 Å². The molecule has 2 N–H and O–H groups in total. The third-order valence-electron chi connectivity index (χ3n) is 4.35.